The number of nitrogens with one attached hydrogen (secondary N) is 1. The second kappa shape index (κ2) is 10.0. The van der Waals surface area contributed by atoms with Crippen molar-refractivity contribution in [2.24, 2.45) is 5.10 Å². The second-order valence-electron chi connectivity index (χ2n) is 7.08. The minimum Gasteiger partial charge on any atom is -0.484 e. The molecule has 1 heterocycles. The van der Waals surface area contributed by atoms with E-state index in [1.165, 1.54) is 18.3 Å². The van der Waals surface area contributed by atoms with E-state index in [4.69, 9.17) is 16.3 Å². The van der Waals surface area contributed by atoms with Gasteiger partial charge >= 0.3 is 11.9 Å². The number of rotatable bonds is 8. The Labute approximate surface area is 193 Å². The number of carboxylic acids is 2. The van der Waals surface area contributed by atoms with E-state index in [9.17, 15) is 24.6 Å². The molecule has 0 saturated heterocycles. The van der Waals surface area contributed by atoms with E-state index in [-0.39, 0.29) is 17.7 Å². The molecule has 0 radical (unpaired) electrons. The zero-order chi connectivity index (χ0) is 24.1. The van der Waals surface area contributed by atoms with Gasteiger partial charge in [-0.1, -0.05) is 11.6 Å². The first-order chi connectivity index (χ1) is 15.7. The summed E-state index contributed by atoms with van der Waals surface area (Å²) in [6.45, 7) is 3.32. The van der Waals surface area contributed by atoms with Crippen molar-refractivity contribution in [2.45, 2.75) is 13.8 Å². The molecule has 3 aromatic rings. The van der Waals surface area contributed by atoms with Gasteiger partial charge in [0.15, 0.2) is 6.61 Å². The predicted octanol–water partition coefficient (Wildman–Crippen LogP) is 3.67. The van der Waals surface area contributed by atoms with Crippen LogP contribution in [0.25, 0.3) is 5.69 Å². The maximum absolute atomic E-state index is 12.0. The number of halogens is 1. The first-order valence-corrected chi connectivity index (χ1v) is 10.0. The number of carbonyl (C=O) groups excluding carboxylic acids is 1. The Hall–Kier alpha value is -4.11. The summed E-state index contributed by atoms with van der Waals surface area (Å²) < 4.78 is 7.06. The largest absolute Gasteiger partial charge is 0.484 e. The molecular formula is C23H20ClN3O6. The molecule has 1 amide bonds. The first-order valence-electron chi connectivity index (χ1n) is 9.67. The fraction of sp³-hybridized carbons (Fsp3) is 0.130. The van der Waals surface area contributed by atoms with Gasteiger partial charge in [0.25, 0.3) is 5.91 Å². The predicted molar refractivity (Wildman–Crippen MR) is 122 cm³/mol. The van der Waals surface area contributed by atoms with E-state index in [0.717, 1.165) is 11.8 Å². The molecule has 0 aliphatic heterocycles. The summed E-state index contributed by atoms with van der Waals surface area (Å²) in [6, 6.07) is 12.3. The van der Waals surface area contributed by atoms with Crippen LogP contribution < -0.4 is 10.2 Å². The van der Waals surface area contributed by atoms with Crippen LogP contribution in [0.15, 0.2) is 53.6 Å². The Morgan fingerprint density at radius 2 is 1.64 bits per heavy atom. The topological polar surface area (TPSA) is 130 Å². The van der Waals surface area contributed by atoms with Crippen LogP contribution in [0.2, 0.25) is 5.02 Å². The van der Waals surface area contributed by atoms with Gasteiger partial charge in [-0.2, -0.15) is 5.10 Å². The number of nitrogens with zero attached hydrogens (tertiary/aromatic N) is 2. The number of hydrogen-bond donors (Lipinski definition) is 3. The van der Waals surface area contributed by atoms with E-state index >= 15 is 0 Å². The SMILES string of the molecule is Cc1cc(/C=N\NC(=O)COc2ccc(Cl)cc2)c(C)n1-c1cc(C(=O)O)cc(C(=O)O)c1. The van der Waals surface area contributed by atoms with E-state index in [1.807, 2.05) is 0 Å². The molecule has 0 spiro atoms. The lowest BCUT2D eigenvalue weighted by Gasteiger charge is -2.12. The molecule has 33 heavy (non-hydrogen) atoms. The van der Waals surface area contributed by atoms with Gasteiger partial charge in [0.1, 0.15) is 5.75 Å². The number of aromatic nitrogens is 1. The van der Waals surface area contributed by atoms with Crippen LogP contribution in [0.5, 0.6) is 5.75 Å². The van der Waals surface area contributed by atoms with Gasteiger partial charge in [0.2, 0.25) is 0 Å². The maximum atomic E-state index is 12.0. The fourth-order valence-corrected chi connectivity index (χ4v) is 3.31. The summed E-state index contributed by atoms with van der Waals surface area (Å²) in [5, 5.41) is 23.1. The van der Waals surface area contributed by atoms with Gasteiger partial charge in [-0.15, -0.1) is 0 Å². The number of carboxylic acid groups (broad SMARTS) is 2. The third-order valence-corrected chi connectivity index (χ3v) is 4.97. The smallest absolute Gasteiger partial charge is 0.335 e. The zero-order valence-corrected chi connectivity index (χ0v) is 18.5. The standard InChI is InChI=1S/C23H20ClN3O6/c1-13-7-17(11-25-26-21(28)12-33-20-5-3-18(24)4-6-20)14(2)27(13)19-9-15(22(29)30)8-16(10-19)23(31)32/h3-11H,12H2,1-2H3,(H,26,28)(H,29,30)(H,31,32)/b25-11-. The summed E-state index contributed by atoms with van der Waals surface area (Å²) >= 11 is 5.80. The minimum absolute atomic E-state index is 0.138. The van der Waals surface area contributed by atoms with Crippen molar-refractivity contribution in [3.63, 3.8) is 0 Å². The number of benzene rings is 2. The van der Waals surface area contributed by atoms with Gasteiger partial charge in [0.05, 0.1) is 17.3 Å². The Bertz CT molecular complexity index is 1220. The van der Waals surface area contributed by atoms with Crippen LogP contribution in [0.3, 0.4) is 0 Å². The molecule has 0 fully saturated rings. The van der Waals surface area contributed by atoms with Crippen molar-refractivity contribution in [3.8, 4) is 11.4 Å². The number of carbonyl (C=O) groups is 3. The van der Waals surface area contributed by atoms with Crippen LogP contribution in [0.4, 0.5) is 0 Å². The molecule has 3 N–H and O–H groups in total. The van der Waals surface area contributed by atoms with Gasteiger partial charge in [0, 0.05) is 27.7 Å². The summed E-state index contributed by atoms with van der Waals surface area (Å²) in [5.74, 6) is -2.43. The van der Waals surface area contributed by atoms with E-state index in [1.54, 1.807) is 48.7 Å². The molecule has 9 nitrogen and oxygen atoms in total. The molecule has 0 atom stereocenters. The zero-order valence-electron chi connectivity index (χ0n) is 17.7. The molecule has 1 aromatic heterocycles. The average Bonchev–Trinajstić information content (AvgIpc) is 3.05. The maximum Gasteiger partial charge on any atom is 0.335 e. The van der Waals surface area contributed by atoms with Crippen molar-refractivity contribution >= 4 is 35.7 Å². The van der Waals surface area contributed by atoms with Gasteiger partial charge in [-0.25, -0.2) is 15.0 Å². The molecule has 170 valence electrons. The second-order valence-corrected chi connectivity index (χ2v) is 7.51. The average molecular weight is 470 g/mol. The molecule has 2 aromatic carbocycles. The highest BCUT2D eigenvalue weighted by molar-refractivity contribution is 6.30. The number of aryl methyl sites for hydroxylation is 1. The van der Waals surface area contributed by atoms with E-state index in [2.05, 4.69) is 10.5 Å². The highest BCUT2D eigenvalue weighted by atomic mass is 35.5. The Kier molecular flexibility index (Phi) is 7.14. The van der Waals surface area contributed by atoms with Crippen LogP contribution in [-0.4, -0.2) is 45.4 Å². The van der Waals surface area contributed by atoms with Crippen LogP contribution in [-0.2, 0) is 4.79 Å². The normalized spacial score (nSPS) is 10.9. The number of ether oxygens (including phenoxy) is 1. The highest BCUT2D eigenvalue weighted by Crippen LogP contribution is 2.22. The Balaban J connectivity index is 1.75. The van der Waals surface area contributed by atoms with E-state index < -0.39 is 17.8 Å². The number of amides is 1. The van der Waals surface area contributed by atoms with Crippen molar-refractivity contribution in [2.75, 3.05) is 6.61 Å². The molecule has 0 aliphatic rings. The van der Waals surface area contributed by atoms with Crippen molar-refractivity contribution < 1.29 is 29.3 Å². The minimum atomic E-state index is -1.23. The summed E-state index contributed by atoms with van der Waals surface area (Å²) in [7, 11) is 0. The van der Waals surface area contributed by atoms with Crippen LogP contribution in [0.1, 0.15) is 37.7 Å². The number of aromatic carboxylic acids is 2. The van der Waals surface area contributed by atoms with Crippen molar-refractivity contribution in [3.05, 3.63) is 81.6 Å². The van der Waals surface area contributed by atoms with Gasteiger partial charge in [-0.3, -0.25) is 4.79 Å². The van der Waals surface area contributed by atoms with Gasteiger partial charge < -0.3 is 19.5 Å². The lowest BCUT2D eigenvalue weighted by Crippen LogP contribution is -2.24. The third kappa shape index (κ3) is 5.78. The number of hydrogen-bond acceptors (Lipinski definition) is 5. The van der Waals surface area contributed by atoms with Crippen molar-refractivity contribution in [1.82, 2.24) is 9.99 Å². The van der Waals surface area contributed by atoms with Crippen LogP contribution >= 0.6 is 11.6 Å². The Morgan fingerprint density at radius 3 is 2.21 bits per heavy atom. The quantitative estimate of drug-likeness (QED) is 0.341. The molecular weight excluding hydrogens is 450 g/mol. The lowest BCUT2D eigenvalue weighted by molar-refractivity contribution is -0.123. The molecule has 0 aliphatic carbocycles. The van der Waals surface area contributed by atoms with Crippen LogP contribution in [0, 0.1) is 13.8 Å². The summed E-state index contributed by atoms with van der Waals surface area (Å²) in [4.78, 5) is 34.8. The molecule has 10 heteroatoms. The van der Waals surface area contributed by atoms with E-state index in [0.29, 0.717) is 27.7 Å². The van der Waals surface area contributed by atoms with Crippen molar-refractivity contribution in [1.29, 1.82) is 0 Å². The monoisotopic (exact) mass is 469 g/mol. The lowest BCUT2D eigenvalue weighted by atomic mass is 10.1. The molecule has 0 unspecified atom stereocenters. The highest BCUT2D eigenvalue weighted by Gasteiger charge is 2.16. The molecule has 0 bridgehead atoms. The fourth-order valence-electron chi connectivity index (χ4n) is 3.19. The summed E-state index contributed by atoms with van der Waals surface area (Å²) in [5.41, 5.74) is 4.55. The third-order valence-electron chi connectivity index (χ3n) is 4.72. The first kappa shape index (κ1) is 23.6. The molecule has 0 saturated carbocycles. The Morgan fingerprint density at radius 1 is 1.03 bits per heavy atom. The summed E-state index contributed by atoms with van der Waals surface area (Å²) in [6.07, 6.45) is 1.44. The molecule has 3 rings (SSSR count). The van der Waals surface area contributed by atoms with Gasteiger partial charge in [-0.05, 0) is 62.4 Å². The number of hydrazone groups is 1.